The Morgan fingerprint density at radius 1 is 1.43 bits per heavy atom. The number of aliphatic carboxylic acids is 1. The summed E-state index contributed by atoms with van der Waals surface area (Å²) in [6.45, 7) is 1.79. The molecule has 1 saturated heterocycles. The topological polar surface area (TPSA) is 98.5 Å². The second kappa shape index (κ2) is 5.47. The molecule has 1 heterocycles. The van der Waals surface area contributed by atoms with Crippen LogP contribution in [0.5, 0.6) is 0 Å². The van der Waals surface area contributed by atoms with E-state index in [9.17, 15) is 13.2 Å². The third-order valence-corrected chi connectivity index (χ3v) is 5.58. The summed E-state index contributed by atoms with van der Waals surface area (Å²) in [6, 6.07) is 8.30. The average molecular weight is 308 g/mol. The molecule has 0 bridgehead atoms. The Morgan fingerprint density at radius 2 is 2.05 bits per heavy atom. The quantitative estimate of drug-likeness (QED) is 0.900. The van der Waals surface area contributed by atoms with Crippen LogP contribution in [0.25, 0.3) is 0 Å². The zero-order valence-electron chi connectivity index (χ0n) is 11.6. The molecule has 0 saturated carbocycles. The van der Waals surface area contributed by atoms with Gasteiger partial charge >= 0.3 is 5.97 Å². The Hall–Kier alpha value is -1.91. The fourth-order valence-electron chi connectivity index (χ4n) is 2.31. The van der Waals surface area contributed by atoms with Crippen LogP contribution in [0.3, 0.4) is 0 Å². The Bertz CT molecular complexity index is 691. The van der Waals surface area contributed by atoms with E-state index in [0.29, 0.717) is 17.5 Å². The maximum Gasteiger partial charge on any atom is 0.310 e. The molecule has 112 valence electrons. The molecular formula is C14H16N2O4S. The largest absolute Gasteiger partial charge is 0.481 e. The van der Waals surface area contributed by atoms with Gasteiger partial charge in [-0.1, -0.05) is 12.1 Å². The van der Waals surface area contributed by atoms with E-state index in [1.54, 1.807) is 31.2 Å². The van der Waals surface area contributed by atoms with Crippen LogP contribution in [0.4, 0.5) is 0 Å². The summed E-state index contributed by atoms with van der Waals surface area (Å²) >= 11 is 0. The molecular weight excluding hydrogens is 292 g/mol. The van der Waals surface area contributed by atoms with Crippen molar-refractivity contribution < 1.29 is 18.3 Å². The Morgan fingerprint density at radius 3 is 2.52 bits per heavy atom. The van der Waals surface area contributed by atoms with Gasteiger partial charge in [-0.3, -0.25) is 4.79 Å². The fourth-order valence-corrected chi connectivity index (χ4v) is 3.96. The van der Waals surface area contributed by atoms with Gasteiger partial charge in [-0.15, -0.1) is 0 Å². The van der Waals surface area contributed by atoms with Gasteiger partial charge in [0.25, 0.3) is 0 Å². The van der Waals surface area contributed by atoms with Gasteiger partial charge in [0.1, 0.15) is 0 Å². The van der Waals surface area contributed by atoms with Crippen molar-refractivity contribution in [3.63, 3.8) is 0 Å². The lowest BCUT2D eigenvalue weighted by Gasteiger charge is -2.20. The molecule has 1 N–H and O–H groups in total. The highest BCUT2D eigenvalue weighted by atomic mass is 32.2. The van der Waals surface area contributed by atoms with Crippen molar-refractivity contribution in [3.8, 4) is 6.07 Å². The predicted octanol–water partition coefficient (Wildman–Crippen LogP) is 1.18. The summed E-state index contributed by atoms with van der Waals surface area (Å²) < 4.78 is 25.9. The summed E-state index contributed by atoms with van der Waals surface area (Å²) in [4.78, 5) is 11.2. The molecule has 1 unspecified atom stereocenters. The molecule has 1 fully saturated rings. The van der Waals surface area contributed by atoms with Gasteiger partial charge in [0.2, 0.25) is 10.0 Å². The standard InChI is InChI=1S/C14H16N2O4S/c1-14(13(17)18)6-7-16(10-14)21(19,20)9-12-4-2-11(8-15)3-5-12/h2-5H,6-7,9-10H2,1H3,(H,17,18). The second-order valence-electron chi connectivity index (χ2n) is 5.51. The van der Waals surface area contributed by atoms with Crippen molar-refractivity contribution in [1.29, 1.82) is 5.26 Å². The van der Waals surface area contributed by atoms with Crippen molar-refractivity contribution in [3.05, 3.63) is 35.4 Å². The number of rotatable bonds is 4. The van der Waals surface area contributed by atoms with Gasteiger partial charge in [0.05, 0.1) is 22.8 Å². The first-order chi connectivity index (χ1) is 9.77. The molecule has 0 aliphatic carbocycles. The summed E-state index contributed by atoms with van der Waals surface area (Å²) in [5.41, 5.74) is 0.0336. The molecule has 1 aromatic carbocycles. The highest BCUT2D eigenvalue weighted by Crippen LogP contribution is 2.32. The maximum atomic E-state index is 12.3. The number of carbonyl (C=O) groups is 1. The van der Waals surface area contributed by atoms with Crippen LogP contribution in [0.1, 0.15) is 24.5 Å². The normalized spacial score (nSPS) is 22.9. The first-order valence-corrected chi connectivity index (χ1v) is 8.08. The number of carboxylic acid groups (broad SMARTS) is 1. The van der Waals surface area contributed by atoms with E-state index >= 15 is 0 Å². The molecule has 7 heteroatoms. The molecule has 21 heavy (non-hydrogen) atoms. The lowest BCUT2D eigenvalue weighted by molar-refractivity contribution is -0.146. The molecule has 0 radical (unpaired) electrons. The van der Waals surface area contributed by atoms with Crippen LogP contribution in [0.2, 0.25) is 0 Å². The van der Waals surface area contributed by atoms with Crippen molar-refractivity contribution in [2.45, 2.75) is 19.1 Å². The number of hydrogen-bond acceptors (Lipinski definition) is 4. The Kier molecular flexibility index (Phi) is 4.03. The van der Waals surface area contributed by atoms with Crippen LogP contribution >= 0.6 is 0 Å². The van der Waals surface area contributed by atoms with Gasteiger partial charge < -0.3 is 5.11 Å². The summed E-state index contributed by atoms with van der Waals surface area (Å²) in [7, 11) is -3.55. The summed E-state index contributed by atoms with van der Waals surface area (Å²) in [5, 5.41) is 17.9. The molecule has 1 aliphatic heterocycles. The number of hydrogen-bond donors (Lipinski definition) is 1. The number of nitrogens with zero attached hydrogens (tertiary/aromatic N) is 2. The smallest absolute Gasteiger partial charge is 0.310 e. The number of nitriles is 1. The van der Waals surface area contributed by atoms with Crippen LogP contribution in [-0.4, -0.2) is 36.9 Å². The van der Waals surface area contributed by atoms with Crippen molar-refractivity contribution in [1.82, 2.24) is 4.31 Å². The van der Waals surface area contributed by atoms with Crippen LogP contribution in [0, 0.1) is 16.7 Å². The second-order valence-corrected chi connectivity index (χ2v) is 7.48. The first-order valence-electron chi connectivity index (χ1n) is 6.47. The van der Waals surface area contributed by atoms with E-state index in [2.05, 4.69) is 0 Å². The van der Waals surface area contributed by atoms with E-state index in [0.717, 1.165) is 0 Å². The third-order valence-electron chi connectivity index (χ3n) is 3.78. The van der Waals surface area contributed by atoms with Crippen molar-refractivity contribution in [2.24, 2.45) is 5.41 Å². The minimum atomic E-state index is -3.55. The molecule has 0 spiro atoms. The Balaban J connectivity index is 2.12. The zero-order valence-corrected chi connectivity index (χ0v) is 12.4. The molecule has 2 rings (SSSR count). The minimum Gasteiger partial charge on any atom is -0.481 e. The van der Waals surface area contributed by atoms with Crippen molar-refractivity contribution >= 4 is 16.0 Å². The lowest BCUT2D eigenvalue weighted by Crippen LogP contribution is -2.35. The molecule has 1 aromatic rings. The van der Waals surface area contributed by atoms with E-state index in [-0.39, 0.29) is 18.8 Å². The highest BCUT2D eigenvalue weighted by Gasteiger charge is 2.44. The Labute approximate surface area is 123 Å². The molecule has 1 atom stereocenters. The van der Waals surface area contributed by atoms with E-state index in [1.807, 2.05) is 6.07 Å². The highest BCUT2D eigenvalue weighted by molar-refractivity contribution is 7.88. The zero-order chi connectivity index (χ0) is 15.7. The molecule has 0 amide bonds. The van der Waals surface area contributed by atoms with Gasteiger partial charge in [-0.2, -0.15) is 5.26 Å². The lowest BCUT2D eigenvalue weighted by atomic mass is 9.90. The fraction of sp³-hybridized carbons (Fsp3) is 0.429. The van der Waals surface area contributed by atoms with Gasteiger partial charge in [0, 0.05) is 13.1 Å². The predicted molar refractivity (Wildman–Crippen MR) is 75.7 cm³/mol. The van der Waals surface area contributed by atoms with Gasteiger partial charge in [0.15, 0.2) is 0 Å². The monoisotopic (exact) mass is 308 g/mol. The first kappa shape index (κ1) is 15.5. The maximum absolute atomic E-state index is 12.3. The number of carboxylic acids is 1. The number of sulfonamides is 1. The minimum absolute atomic E-state index is 0.000938. The summed E-state index contributed by atoms with van der Waals surface area (Å²) in [5.74, 6) is -1.16. The third kappa shape index (κ3) is 3.23. The SMILES string of the molecule is CC1(C(=O)O)CCN(S(=O)(=O)Cc2ccc(C#N)cc2)C1. The number of benzene rings is 1. The van der Waals surface area contributed by atoms with E-state index in [1.165, 1.54) is 4.31 Å². The molecule has 1 aliphatic rings. The van der Waals surface area contributed by atoms with Crippen molar-refractivity contribution in [2.75, 3.05) is 13.1 Å². The van der Waals surface area contributed by atoms with E-state index < -0.39 is 21.4 Å². The average Bonchev–Trinajstić information content (AvgIpc) is 2.84. The molecule has 6 nitrogen and oxygen atoms in total. The van der Waals surface area contributed by atoms with Gasteiger partial charge in [-0.05, 0) is 31.0 Å². The van der Waals surface area contributed by atoms with Gasteiger partial charge in [-0.25, -0.2) is 12.7 Å². The summed E-state index contributed by atoms with van der Waals surface area (Å²) in [6.07, 6.45) is 0.314. The molecule has 0 aromatic heterocycles. The van der Waals surface area contributed by atoms with Crippen LogP contribution in [0.15, 0.2) is 24.3 Å². The van der Waals surface area contributed by atoms with Crippen LogP contribution in [-0.2, 0) is 20.6 Å². The van der Waals surface area contributed by atoms with E-state index in [4.69, 9.17) is 10.4 Å². The van der Waals surface area contributed by atoms with Crippen LogP contribution < -0.4 is 0 Å².